The van der Waals surface area contributed by atoms with Crippen LogP contribution in [-0.4, -0.2) is 75.7 Å². The van der Waals surface area contributed by atoms with Gasteiger partial charge in [0.2, 0.25) is 0 Å². The molecular weight excluding hydrogens is 608 g/mol. The summed E-state index contributed by atoms with van der Waals surface area (Å²) in [5.41, 5.74) is -0.173. The molecule has 1 aromatic carbocycles. The lowest BCUT2D eigenvalue weighted by atomic mass is 9.45. The predicted octanol–water partition coefficient (Wildman–Crippen LogP) is 4.99. The van der Waals surface area contributed by atoms with E-state index in [9.17, 15) is 19.2 Å². The summed E-state index contributed by atoms with van der Waals surface area (Å²) in [6.45, 7) is 8.18. The molecule has 256 valence electrons. The maximum Gasteiger partial charge on any atom is 0.337 e. The van der Waals surface area contributed by atoms with Crippen molar-refractivity contribution in [1.29, 1.82) is 0 Å². The van der Waals surface area contributed by atoms with Gasteiger partial charge in [-0.05, 0) is 73.1 Å². The van der Waals surface area contributed by atoms with Crippen LogP contribution < -0.4 is 9.47 Å². The molecule has 5 rings (SSSR count). The van der Waals surface area contributed by atoms with Gasteiger partial charge in [-0.15, -0.1) is 0 Å². The number of allylic oxidation sites excluding steroid dienone is 1. The number of hydrogen-bond donors (Lipinski definition) is 0. The number of benzene rings is 1. The van der Waals surface area contributed by atoms with Gasteiger partial charge in [0.25, 0.3) is 0 Å². The van der Waals surface area contributed by atoms with Crippen LogP contribution in [0.2, 0.25) is 0 Å². The van der Waals surface area contributed by atoms with E-state index in [1.54, 1.807) is 38.3 Å². The summed E-state index contributed by atoms with van der Waals surface area (Å²) < 4.78 is 39.3. The van der Waals surface area contributed by atoms with Gasteiger partial charge in [-0.2, -0.15) is 0 Å². The van der Waals surface area contributed by atoms with E-state index in [-0.39, 0.29) is 60.5 Å². The fourth-order valence-electron chi connectivity index (χ4n) is 8.29. The van der Waals surface area contributed by atoms with Crippen molar-refractivity contribution in [2.24, 2.45) is 22.7 Å². The first-order chi connectivity index (χ1) is 22.4. The Morgan fingerprint density at radius 2 is 1.79 bits per heavy atom. The summed E-state index contributed by atoms with van der Waals surface area (Å²) in [6, 6.07) is 5.26. The highest BCUT2D eigenvalue weighted by Gasteiger charge is 2.67. The summed E-state index contributed by atoms with van der Waals surface area (Å²) in [7, 11) is 3.08. The SMILES string of the molecule is CCC(=O)O[C@@H]1CC[C@@]2(C)C(CC[C@]3(CO3)[C@@H]2C/C=C2/C(=O)OC[C@H]2OC(=O)/C=C/c2ccc(OC)c(OC)c2)[C@]1(C)COC(C)=O. The first kappa shape index (κ1) is 34.5. The average molecular weight is 655 g/mol. The van der Waals surface area contributed by atoms with Crippen molar-refractivity contribution < 1.29 is 52.3 Å². The molecule has 11 heteroatoms. The minimum Gasteiger partial charge on any atom is -0.493 e. The quantitative estimate of drug-likeness (QED) is 0.138. The molecule has 11 nitrogen and oxygen atoms in total. The molecule has 47 heavy (non-hydrogen) atoms. The Morgan fingerprint density at radius 3 is 2.45 bits per heavy atom. The van der Waals surface area contributed by atoms with E-state index in [1.165, 1.54) is 20.1 Å². The van der Waals surface area contributed by atoms with E-state index in [4.69, 9.17) is 33.2 Å². The fraction of sp³-hybridized carbons (Fsp3) is 0.611. The number of fused-ring (bicyclic) bond motifs is 1. The number of esters is 4. The highest BCUT2D eigenvalue weighted by molar-refractivity contribution is 5.93. The minimum absolute atomic E-state index is 0.0235. The third-order valence-corrected chi connectivity index (χ3v) is 10.8. The normalized spacial score (nSPS) is 33.7. The molecule has 2 saturated carbocycles. The van der Waals surface area contributed by atoms with Crippen molar-refractivity contribution in [3.63, 3.8) is 0 Å². The molecule has 1 unspecified atom stereocenters. The summed E-state index contributed by atoms with van der Waals surface area (Å²) in [5.74, 6) is -0.588. The number of cyclic esters (lactones) is 1. The number of epoxide rings is 1. The van der Waals surface area contributed by atoms with Crippen molar-refractivity contribution >= 4 is 30.0 Å². The van der Waals surface area contributed by atoms with Gasteiger partial charge in [0.05, 0.1) is 32.0 Å². The molecule has 1 aromatic rings. The topological polar surface area (TPSA) is 136 Å². The highest BCUT2D eigenvalue weighted by atomic mass is 16.6. The number of carbonyl (C=O) groups excluding carboxylic acids is 4. The molecular formula is C36H46O11. The second-order valence-corrected chi connectivity index (χ2v) is 13.5. The Balaban J connectivity index is 1.34. The summed E-state index contributed by atoms with van der Waals surface area (Å²) in [4.78, 5) is 50.0. The molecule has 2 heterocycles. The number of ether oxygens (including phenoxy) is 7. The largest absolute Gasteiger partial charge is 0.493 e. The summed E-state index contributed by atoms with van der Waals surface area (Å²) in [6.07, 6.45) is 7.32. The van der Waals surface area contributed by atoms with Gasteiger partial charge in [-0.3, -0.25) is 9.59 Å². The monoisotopic (exact) mass is 654 g/mol. The first-order valence-electron chi connectivity index (χ1n) is 16.3. The van der Waals surface area contributed by atoms with Crippen LogP contribution in [0, 0.1) is 22.7 Å². The molecule has 2 saturated heterocycles. The van der Waals surface area contributed by atoms with Crippen LogP contribution in [0.1, 0.15) is 71.8 Å². The van der Waals surface area contributed by atoms with E-state index in [0.717, 1.165) is 19.3 Å². The summed E-state index contributed by atoms with van der Waals surface area (Å²) >= 11 is 0. The first-order valence-corrected chi connectivity index (χ1v) is 16.3. The fourth-order valence-corrected chi connectivity index (χ4v) is 8.29. The van der Waals surface area contributed by atoms with Gasteiger partial charge in [0.15, 0.2) is 17.6 Å². The summed E-state index contributed by atoms with van der Waals surface area (Å²) in [5, 5.41) is 0. The minimum atomic E-state index is -0.841. The van der Waals surface area contributed by atoms with Crippen LogP contribution in [-0.2, 0) is 42.9 Å². The van der Waals surface area contributed by atoms with Crippen molar-refractivity contribution in [3.8, 4) is 11.5 Å². The molecule has 2 aliphatic carbocycles. The maximum atomic E-state index is 12.9. The second-order valence-electron chi connectivity index (χ2n) is 13.5. The zero-order valence-corrected chi connectivity index (χ0v) is 28.1. The molecule has 0 bridgehead atoms. The number of rotatable bonds is 11. The van der Waals surface area contributed by atoms with Crippen LogP contribution in [0.15, 0.2) is 35.9 Å². The molecule has 0 amide bonds. The Labute approximate surface area is 275 Å². The van der Waals surface area contributed by atoms with Crippen molar-refractivity contribution in [2.75, 3.05) is 34.0 Å². The van der Waals surface area contributed by atoms with E-state index < -0.39 is 23.5 Å². The Bertz CT molecular complexity index is 1440. The molecule has 2 aliphatic heterocycles. The lowest BCUT2D eigenvalue weighted by Gasteiger charge is -2.61. The molecule has 0 N–H and O–H groups in total. The number of hydrogen-bond acceptors (Lipinski definition) is 11. The van der Waals surface area contributed by atoms with Crippen LogP contribution in [0.4, 0.5) is 0 Å². The number of carbonyl (C=O) groups is 4. The van der Waals surface area contributed by atoms with Gasteiger partial charge in [-0.1, -0.05) is 32.9 Å². The van der Waals surface area contributed by atoms with E-state index >= 15 is 0 Å². The van der Waals surface area contributed by atoms with E-state index in [0.29, 0.717) is 42.1 Å². The standard InChI is InChI=1S/C36H46O11/c1-7-31(38)47-30-15-16-34(3)28(35(30,4)20-44-22(2)37)14-17-36(21-45-36)29(34)12-10-24-27(19-43-33(24)40)46-32(39)13-9-23-8-11-25(41-5)26(18-23)42-6/h8-11,13,18,27-30H,7,12,14-17,19-21H2,1-6H3/b13-9+,24-10+/t27-,28?,29-,30-,34+,35+,36+/m1/s1. The molecule has 0 radical (unpaired) electrons. The zero-order chi connectivity index (χ0) is 34.0. The highest BCUT2D eigenvalue weighted by Crippen LogP contribution is 2.66. The van der Waals surface area contributed by atoms with Crippen LogP contribution in [0.3, 0.4) is 0 Å². The molecule has 0 aromatic heterocycles. The van der Waals surface area contributed by atoms with Gasteiger partial charge in [0, 0.05) is 24.8 Å². The lowest BCUT2D eigenvalue weighted by molar-refractivity contribution is -0.203. The zero-order valence-electron chi connectivity index (χ0n) is 28.1. The average Bonchev–Trinajstić information content (AvgIpc) is 3.74. The van der Waals surface area contributed by atoms with Crippen molar-refractivity contribution in [3.05, 3.63) is 41.5 Å². The van der Waals surface area contributed by atoms with E-state index in [1.807, 2.05) is 6.08 Å². The van der Waals surface area contributed by atoms with Crippen molar-refractivity contribution in [2.45, 2.75) is 84.0 Å². The van der Waals surface area contributed by atoms with E-state index in [2.05, 4.69) is 13.8 Å². The maximum absolute atomic E-state index is 12.9. The van der Waals surface area contributed by atoms with Crippen molar-refractivity contribution in [1.82, 2.24) is 0 Å². The number of methoxy groups -OCH3 is 2. The Hall–Kier alpha value is -3.86. The van der Waals surface area contributed by atoms with Crippen LogP contribution in [0.25, 0.3) is 6.08 Å². The van der Waals surface area contributed by atoms with Crippen LogP contribution in [0.5, 0.6) is 11.5 Å². The second kappa shape index (κ2) is 13.7. The van der Waals surface area contributed by atoms with Gasteiger partial charge in [0.1, 0.15) is 19.3 Å². The molecule has 7 atom stereocenters. The Morgan fingerprint density at radius 1 is 1.04 bits per heavy atom. The lowest BCUT2D eigenvalue weighted by Crippen LogP contribution is -2.61. The third-order valence-electron chi connectivity index (χ3n) is 10.8. The van der Waals surface area contributed by atoms with Gasteiger partial charge in [-0.25, -0.2) is 9.59 Å². The van der Waals surface area contributed by atoms with Crippen LogP contribution >= 0.6 is 0 Å². The predicted molar refractivity (Wildman–Crippen MR) is 169 cm³/mol. The molecule has 4 fully saturated rings. The van der Waals surface area contributed by atoms with Gasteiger partial charge < -0.3 is 33.2 Å². The van der Waals surface area contributed by atoms with Gasteiger partial charge >= 0.3 is 23.9 Å². The Kier molecular flexibility index (Phi) is 10.1. The molecule has 4 aliphatic rings. The molecule has 1 spiro atoms. The smallest absolute Gasteiger partial charge is 0.337 e. The third kappa shape index (κ3) is 6.91.